The van der Waals surface area contributed by atoms with E-state index in [0.717, 1.165) is 17.1 Å². The number of para-hydroxylation sites is 1. The van der Waals surface area contributed by atoms with E-state index in [9.17, 15) is 0 Å². The zero-order valence-corrected chi connectivity index (χ0v) is 24.9. The summed E-state index contributed by atoms with van der Waals surface area (Å²) in [7, 11) is 0. The van der Waals surface area contributed by atoms with E-state index >= 15 is 0 Å². The maximum atomic E-state index is 2.40. The normalized spacial score (nSPS) is 11.2. The van der Waals surface area contributed by atoms with Crippen LogP contribution in [-0.2, 0) is 0 Å². The van der Waals surface area contributed by atoms with Crippen LogP contribution in [0.1, 0.15) is 0 Å². The number of anilines is 3. The average molecular weight is 580 g/mol. The summed E-state index contributed by atoms with van der Waals surface area (Å²) in [6, 6.07) is 63.4. The predicted octanol–water partition coefficient (Wildman–Crippen LogP) is 12.5. The highest BCUT2D eigenvalue weighted by atomic mass is 32.1. The van der Waals surface area contributed by atoms with E-state index in [2.05, 4.69) is 181 Å². The fourth-order valence-corrected chi connectivity index (χ4v) is 7.29. The average Bonchev–Trinajstić information content (AvgIpc) is 3.48. The molecule has 0 fully saturated rings. The Bertz CT molecular complexity index is 2230. The van der Waals surface area contributed by atoms with Crippen LogP contribution in [0.5, 0.6) is 0 Å². The smallest absolute Gasteiger partial charge is 0.0540 e. The lowest BCUT2D eigenvalue weighted by Gasteiger charge is -2.28. The summed E-state index contributed by atoms with van der Waals surface area (Å²) >= 11 is 1.86. The second-order valence-corrected chi connectivity index (χ2v) is 12.1. The van der Waals surface area contributed by atoms with Crippen molar-refractivity contribution in [2.45, 2.75) is 0 Å². The fourth-order valence-electron chi connectivity index (χ4n) is 6.14. The Hall–Kier alpha value is -5.44. The second kappa shape index (κ2) is 11.3. The van der Waals surface area contributed by atoms with Gasteiger partial charge >= 0.3 is 0 Å². The van der Waals surface area contributed by atoms with Crippen molar-refractivity contribution >= 4 is 48.6 Å². The molecule has 1 nitrogen and oxygen atoms in total. The zero-order chi connectivity index (χ0) is 29.3. The van der Waals surface area contributed by atoms with Crippen LogP contribution in [0.2, 0.25) is 0 Å². The minimum absolute atomic E-state index is 1.12. The Kier molecular flexibility index (Phi) is 6.75. The first-order valence-electron chi connectivity index (χ1n) is 14.9. The zero-order valence-electron chi connectivity index (χ0n) is 24.1. The van der Waals surface area contributed by atoms with Gasteiger partial charge < -0.3 is 4.90 Å². The van der Waals surface area contributed by atoms with Gasteiger partial charge in [-0.25, -0.2) is 0 Å². The third-order valence-electron chi connectivity index (χ3n) is 8.26. The number of rotatable bonds is 6. The van der Waals surface area contributed by atoms with Gasteiger partial charge in [-0.2, -0.15) is 0 Å². The Morgan fingerprint density at radius 2 is 0.886 bits per heavy atom. The molecule has 44 heavy (non-hydrogen) atoms. The van der Waals surface area contributed by atoms with E-state index < -0.39 is 0 Å². The van der Waals surface area contributed by atoms with E-state index in [1.54, 1.807) is 0 Å². The lowest BCUT2D eigenvalue weighted by molar-refractivity contribution is 1.28. The van der Waals surface area contributed by atoms with Gasteiger partial charge in [-0.15, -0.1) is 11.3 Å². The molecule has 0 atom stereocenters. The summed E-state index contributed by atoms with van der Waals surface area (Å²) in [6.07, 6.45) is 0. The van der Waals surface area contributed by atoms with Gasteiger partial charge in [0.1, 0.15) is 0 Å². The van der Waals surface area contributed by atoms with Gasteiger partial charge in [-0.05, 0) is 70.3 Å². The van der Waals surface area contributed by atoms with Crippen LogP contribution in [0, 0.1) is 0 Å². The van der Waals surface area contributed by atoms with Crippen molar-refractivity contribution in [2.75, 3.05) is 4.90 Å². The first kappa shape index (κ1) is 26.2. The minimum atomic E-state index is 1.12. The molecule has 0 N–H and O–H groups in total. The SMILES string of the molecule is c1ccc(-c2cccc(N(c3cccc(-c4ccc5c(c4)sc4ccccc45)c3)c3ccccc3-c3ccccc3)c2)cc1. The minimum Gasteiger partial charge on any atom is -0.310 e. The van der Waals surface area contributed by atoms with Crippen LogP contribution >= 0.6 is 11.3 Å². The fraction of sp³-hybridized carbons (Fsp3) is 0. The Balaban J connectivity index is 1.30. The summed E-state index contributed by atoms with van der Waals surface area (Å²) in [5.41, 5.74) is 10.6. The molecule has 1 aromatic heterocycles. The molecule has 0 aliphatic rings. The Morgan fingerprint density at radius 3 is 1.64 bits per heavy atom. The topological polar surface area (TPSA) is 3.24 Å². The quantitative estimate of drug-likeness (QED) is 0.189. The van der Waals surface area contributed by atoms with Crippen molar-refractivity contribution in [1.82, 2.24) is 0 Å². The van der Waals surface area contributed by atoms with Crippen LogP contribution in [-0.4, -0.2) is 0 Å². The molecule has 1 heterocycles. The molecule has 208 valence electrons. The van der Waals surface area contributed by atoms with Gasteiger partial charge in [-0.3, -0.25) is 0 Å². The molecule has 7 aromatic carbocycles. The van der Waals surface area contributed by atoms with Crippen LogP contribution in [0.3, 0.4) is 0 Å². The number of nitrogens with zero attached hydrogens (tertiary/aromatic N) is 1. The molecule has 8 rings (SSSR count). The maximum Gasteiger partial charge on any atom is 0.0540 e. The number of hydrogen-bond acceptors (Lipinski definition) is 2. The first-order chi connectivity index (χ1) is 21.8. The van der Waals surface area contributed by atoms with E-state index in [-0.39, 0.29) is 0 Å². The van der Waals surface area contributed by atoms with Gasteiger partial charge in [0.25, 0.3) is 0 Å². The molecule has 0 unspecified atom stereocenters. The Labute approximate surface area is 261 Å². The summed E-state index contributed by atoms with van der Waals surface area (Å²) in [4.78, 5) is 2.40. The lowest BCUT2D eigenvalue weighted by Crippen LogP contribution is -2.11. The molecular weight excluding hydrogens is 551 g/mol. The van der Waals surface area contributed by atoms with Crippen molar-refractivity contribution in [3.63, 3.8) is 0 Å². The van der Waals surface area contributed by atoms with E-state index in [4.69, 9.17) is 0 Å². The summed E-state index contributed by atoms with van der Waals surface area (Å²) in [5, 5.41) is 2.65. The van der Waals surface area contributed by atoms with Gasteiger partial charge in [0, 0.05) is 37.1 Å². The maximum absolute atomic E-state index is 2.40. The molecule has 0 aliphatic carbocycles. The molecule has 0 aliphatic heterocycles. The highest BCUT2D eigenvalue weighted by molar-refractivity contribution is 7.25. The monoisotopic (exact) mass is 579 g/mol. The largest absolute Gasteiger partial charge is 0.310 e. The molecule has 8 aromatic rings. The standard InChI is InChI=1S/C42H29NS/c1-3-13-30(14-4-1)32-17-11-19-35(27-32)43(40-23-9-7-21-37(40)31-15-5-2-6-16-31)36-20-12-18-33(28-36)34-25-26-39-38-22-8-10-24-41(38)44-42(39)29-34/h1-29H. The van der Waals surface area contributed by atoms with Crippen molar-refractivity contribution in [3.05, 3.63) is 176 Å². The third kappa shape index (κ3) is 4.86. The highest BCUT2D eigenvalue weighted by Gasteiger charge is 2.18. The third-order valence-corrected chi connectivity index (χ3v) is 9.39. The molecule has 0 spiro atoms. The number of hydrogen-bond donors (Lipinski definition) is 0. The van der Waals surface area contributed by atoms with E-state index in [1.807, 2.05) is 11.3 Å². The molecule has 2 heteroatoms. The van der Waals surface area contributed by atoms with Gasteiger partial charge in [0.15, 0.2) is 0 Å². The highest BCUT2D eigenvalue weighted by Crippen LogP contribution is 2.43. The predicted molar refractivity (Wildman–Crippen MR) is 190 cm³/mol. The lowest BCUT2D eigenvalue weighted by atomic mass is 9.99. The summed E-state index contributed by atoms with van der Waals surface area (Å²) in [6.45, 7) is 0. The Morgan fingerprint density at radius 1 is 0.341 bits per heavy atom. The molecule has 0 saturated carbocycles. The molecular formula is C42H29NS. The second-order valence-electron chi connectivity index (χ2n) is 11.0. The van der Waals surface area contributed by atoms with E-state index in [0.29, 0.717) is 0 Å². The summed E-state index contributed by atoms with van der Waals surface area (Å²) < 4.78 is 2.64. The van der Waals surface area contributed by atoms with Crippen molar-refractivity contribution in [1.29, 1.82) is 0 Å². The van der Waals surface area contributed by atoms with Crippen LogP contribution in [0.15, 0.2) is 176 Å². The molecule has 0 bridgehead atoms. The van der Waals surface area contributed by atoms with Crippen LogP contribution in [0.25, 0.3) is 53.6 Å². The number of benzene rings is 7. The van der Waals surface area contributed by atoms with Gasteiger partial charge in [0.2, 0.25) is 0 Å². The van der Waals surface area contributed by atoms with Crippen molar-refractivity contribution in [3.8, 4) is 33.4 Å². The van der Waals surface area contributed by atoms with Gasteiger partial charge in [-0.1, -0.05) is 133 Å². The number of fused-ring (bicyclic) bond motifs is 3. The van der Waals surface area contributed by atoms with Crippen molar-refractivity contribution < 1.29 is 0 Å². The van der Waals surface area contributed by atoms with E-state index in [1.165, 1.54) is 53.6 Å². The van der Waals surface area contributed by atoms with Gasteiger partial charge in [0.05, 0.1) is 5.69 Å². The van der Waals surface area contributed by atoms with Crippen LogP contribution in [0.4, 0.5) is 17.1 Å². The number of thiophene rings is 1. The molecule has 0 saturated heterocycles. The summed E-state index contributed by atoms with van der Waals surface area (Å²) in [5.74, 6) is 0. The van der Waals surface area contributed by atoms with Crippen LogP contribution < -0.4 is 4.90 Å². The van der Waals surface area contributed by atoms with Crippen molar-refractivity contribution in [2.24, 2.45) is 0 Å². The molecule has 0 radical (unpaired) electrons. The first-order valence-corrected chi connectivity index (χ1v) is 15.8. The molecule has 0 amide bonds.